The second-order valence-corrected chi connectivity index (χ2v) is 4.11. The zero-order valence-electron chi connectivity index (χ0n) is 10.2. The highest BCUT2D eigenvalue weighted by atomic mass is 16.5. The number of nitrogens with one attached hydrogen (secondary N) is 1. The van der Waals surface area contributed by atoms with Crippen LogP contribution in [-0.2, 0) is 16.6 Å². The number of hydrogen-bond donors (Lipinski definition) is 1. The fourth-order valence-electron chi connectivity index (χ4n) is 1.67. The Morgan fingerprint density at radius 1 is 1.62 bits per heavy atom. The number of anilines is 1. The Morgan fingerprint density at radius 3 is 2.81 bits per heavy atom. The molecule has 0 radical (unpaired) electrons. The summed E-state index contributed by atoms with van der Waals surface area (Å²) in [6, 6.07) is 0.207. The van der Waals surface area contributed by atoms with Gasteiger partial charge in [-0.05, 0) is 13.3 Å². The van der Waals surface area contributed by atoms with Crippen LogP contribution in [0.4, 0.5) is 5.69 Å². The first-order valence-electron chi connectivity index (χ1n) is 5.36. The number of ether oxygens (including phenoxy) is 1. The Labute approximate surface area is 95.8 Å². The molecule has 1 N–H and O–H groups in total. The number of methoxy groups -OCH3 is 1. The molecule has 2 atom stereocenters. The minimum Gasteiger partial charge on any atom is -0.469 e. The lowest BCUT2D eigenvalue weighted by Gasteiger charge is -2.16. The van der Waals surface area contributed by atoms with Crippen LogP contribution in [0.3, 0.4) is 0 Å². The van der Waals surface area contributed by atoms with E-state index in [0.717, 1.165) is 12.1 Å². The molecule has 0 aliphatic carbocycles. The van der Waals surface area contributed by atoms with Crippen LogP contribution in [0, 0.1) is 5.92 Å². The minimum atomic E-state index is -0.167. The average molecular weight is 225 g/mol. The number of aromatic nitrogens is 2. The molecule has 0 amide bonds. The second kappa shape index (κ2) is 5.53. The van der Waals surface area contributed by atoms with Crippen LogP contribution in [0.15, 0.2) is 12.4 Å². The summed E-state index contributed by atoms with van der Waals surface area (Å²) >= 11 is 0. The molecule has 0 fully saturated rings. The first-order chi connectivity index (χ1) is 7.52. The third-order valence-electron chi connectivity index (χ3n) is 2.43. The maximum atomic E-state index is 11.2. The van der Waals surface area contributed by atoms with Gasteiger partial charge in [-0.3, -0.25) is 9.48 Å². The standard InChI is InChI=1S/C11H19N3O2/c1-8(11(15)16-4)5-9(2)13-10-6-12-14(3)7-10/h6-9,13H,5H2,1-4H3. The molecule has 1 aromatic heterocycles. The third-order valence-corrected chi connectivity index (χ3v) is 2.43. The fraction of sp³-hybridized carbons (Fsp3) is 0.636. The fourth-order valence-corrected chi connectivity index (χ4v) is 1.67. The van der Waals surface area contributed by atoms with Crippen molar-refractivity contribution in [1.29, 1.82) is 0 Å². The summed E-state index contributed by atoms with van der Waals surface area (Å²) in [5.74, 6) is -0.260. The van der Waals surface area contributed by atoms with Crippen molar-refractivity contribution in [3.05, 3.63) is 12.4 Å². The van der Waals surface area contributed by atoms with Gasteiger partial charge in [-0.2, -0.15) is 5.10 Å². The molecular weight excluding hydrogens is 206 g/mol. The monoisotopic (exact) mass is 225 g/mol. The first-order valence-corrected chi connectivity index (χ1v) is 5.36. The Balaban J connectivity index is 2.41. The molecule has 0 aliphatic rings. The molecule has 0 aromatic carbocycles. The number of nitrogens with zero attached hydrogens (tertiary/aromatic N) is 2. The van der Waals surface area contributed by atoms with Gasteiger partial charge in [-0.1, -0.05) is 6.92 Å². The predicted molar refractivity (Wildman–Crippen MR) is 62.1 cm³/mol. The average Bonchev–Trinajstić information content (AvgIpc) is 2.62. The number of carbonyl (C=O) groups excluding carboxylic acids is 1. The van der Waals surface area contributed by atoms with Crippen molar-refractivity contribution in [2.75, 3.05) is 12.4 Å². The Kier molecular flexibility index (Phi) is 4.34. The van der Waals surface area contributed by atoms with Gasteiger partial charge in [0.15, 0.2) is 0 Å². The highest BCUT2D eigenvalue weighted by Gasteiger charge is 2.16. The molecule has 0 saturated carbocycles. The molecule has 0 spiro atoms. The highest BCUT2D eigenvalue weighted by molar-refractivity contribution is 5.71. The molecule has 1 heterocycles. The summed E-state index contributed by atoms with van der Waals surface area (Å²) in [5, 5.41) is 7.34. The van der Waals surface area contributed by atoms with Crippen molar-refractivity contribution < 1.29 is 9.53 Å². The molecule has 16 heavy (non-hydrogen) atoms. The van der Waals surface area contributed by atoms with E-state index in [0.29, 0.717) is 0 Å². The van der Waals surface area contributed by atoms with Crippen LogP contribution in [-0.4, -0.2) is 28.9 Å². The second-order valence-electron chi connectivity index (χ2n) is 4.11. The minimum absolute atomic E-state index is 0.0934. The van der Waals surface area contributed by atoms with Gasteiger partial charge in [0.2, 0.25) is 0 Å². The van der Waals surface area contributed by atoms with E-state index in [9.17, 15) is 4.79 Å². The summed E-state index contributed by atoms with van der Waals surface area (Å²) in [4.78, 5) is 11.2. The lowest BCUT2D eigenvalue weighted by molar-refractivity contribution is -0.145. The zero-order valence-corrected chi connectivity index (χ0v) is 10.2. The molecule has 90 valence electrons. The predicted octanol–water partition coefficient (Wildman–Crippen LogP) is 1.42. The van der Waals surface area contributed by atoms with Crippen LogP contribution in [0.1, 0.15) is 20.3 Å². The van der Waals surface area contributed by atoms with Crippen LogP contribution < -0.4 is 5.32 Å². The van der Waals surface area contributed by atoms with E-state index in [1.54, 1.807) is 10.9 Å². The highest BCUT2D eigenvalue weighted by Crippen LogP contribution is 2.13. The van der Waals surface area contributed by atoms with Crippen LogP contribution in [0.25, 0.3) is 0 Å². The smallest absolute Gasteiger partial charge is 0.308 e. The van der Waals surface area contributed by atoms with Gasteiger partial charge in [0.05, 0.1) is 24.9 Å². The number of hydrogen-bond acceptors (Lipinski definition) is 4. The van der Waals surface area contributed by atoms with E-state index in [-0.39, 0.29) is 17.9 Å². The number of carbonyl (C=O) groups is 1. The van der Waals surface area contributed by atoms with E-state index in [4.69, 9.17) is 0 Å². The summed E-state index contributed by atoms with van der Waals surface area (Å²) in [5.41, 5.74) is 0.965. The largest absolute Gasteiger partial charge is 0.469 e. The van der Waals surface area contributed by atoms with Gasteiger partial charge in [0, 0.05) is 19.3 Å². The molecule has 5 nitrogen and oxygen atoms in total. The molecular formula is C11H19N3O2. The van der Waals surface area contributed by atoms with Gasteiger partial charge in [0.25, 0.3) is 0 Å². The molecule has 0 bridgehead atoms. The van der Waals surface area contributed by atoms with E-state index >= 15 is 0 Å². The van der Waals surface area contributed by atoms with Crippen molar-refractivity contribution in [2.24, 2.45) is 13.0 Å². The Bertz CT molecular complexity index is 349. The zero-order chi connectivity index (χ0) is 12.1. The maximum Gasteiger partial charge on any atom is 0.308 e. The molecule has 0 saturated heterocycles. The van der Waals surface area contributed by atoms with Gasteiger partial charge in [-0.25, -0.2) is 0 Å². The van der Waals surface area contributed by atoms with E-state index < -0.39 is 0 Å². The third kappa shape index (κ3) is 3.56. The van der Waals surface area contributed by atoms with Crippen LogP contribution in [0.2, 0.25) is 0 Å². The lowest BCUT2D eigenvalue weighted by Crippen LogP contribution is -2.23. The van der Waals surface area contributed by atoms with Crippen molar-refractivity contribution in [3.8, 4) is 0 Å². The van der Waals surface area contributed by atoms with Gasteiger partial charge in [-0.15, -0.1) is 0 Å². The maximum absolute atomic E-state index is 11.2. The van der Waals surface area contributed by atoms with E-state index in [2.05, 4.69) is 15.2 Å². The van der Waals surface area contributed by atoms with Gasteiger partial charge < -0.3 is 10.1 Å². The van der Waals surface area contributed by atoms with Crippen molar-refractivity contribution in [3.63, 3.8) is 0 Å². The topological polar surface area (TPSA) is 56.1 Å². The van der Waals surface area contributed by atoms with Crippen molar-refractivity contribution in [2.45, 2.75) is 26.3 Å². The number of aryl methyl sites for hydroxylation is 1. The Morgan fingerprint density at radius 2 is 2.31 bits per heavy atom. The van der Waals surface area contributed by atoms with Gasteiger partial charge in [0.1, 0.15) is 0 Å². The van der Waals surface area contributed by atoms with Crippen LogP contribution >= 0.6 is 0 Å². The summed E-state index contributed by atoms with van der Waals surface area (Å²) in [6.45, 7) is 3.90. The van der Waals surface area contributed by atoms with Crippen LogP contribution in [0.5, 0.6) is 0 Å². The van der Waals surface area contributed by atoms with Crippen molar-refractivity contribution in [1.82, 2.24) is 9.78 Å². The molecule has 0 aliphatic heterocycles. The van der Waals surface area contributed by atoms with E-state index in [1.165, 1.54) is 7.11 Å². The summed E-state index contributed by atoms with van der Waals surface area (Å²) in [6.07, 6.45) is 4.40. The summed E-state index contributed by atoms with van der Waals surface area (Å²) in [7, 11) is 3.28. The molecule has 2 unspecified atom stereocenters. The van der Waals surface area contributed by atoms with Gasteiger partial charge >= 0.3 is 5.97 Å². The molecule has 1 aromatic rings. The Hall–Kier alpha value is -1.52. The SMILES string of the molecule is COC(=O)C(C)CC(C)Nc1cnn(C)c1. The number of rotatable bonds is 5. The first kappa shape index (κ1) is 12.5. The van der Waals surface area contributed by atoms with E-state index in [1.807, 2.05) is 27.1 Å². The van der Waals surface area contributed by atoms with Crippen molar-refractivity contribution >= 4 is 11.7 Å². The lowest BCUT2D eigenvalue weighted by atomic mass is 10.0. The molecule has 5 heteroatoms. The quantitative estimate of drug-likeness (QED) is 0.770. The molecule has 1 rings (SSSR count). The normalized spacial score (nSPS) is 14.2. The number of esters is 1. The summed E-state index contributed by atoms with van der Waals surface area (Å²) < 4.78 is 6.42.